The van der Waals surface area contributed by atoms with Crippen molar-refractivity contribution in [1.29, 1.82) is 0 Å². The van der Waals surface area contributed by atoms with Gasteiger partial charge in [-0.3, -0.25) is 4.90 Å². The molecule has 3 heterocycles. The Labute approximate surface area is 535 Å². The van der Waals surface area contributed by atoms with Crippen LogP contribution in [-0.4, -0.2) is 30.6 Å². The summed E-state index contributed by atoms with van der Waals surface area (Å²) < 4.78 is 17.3. The Balaban J connectivity index is 0.000000377. The van der Waals surface area contributed by atoms with Gasteiger partial charge in [-0.25, -0.2) is 0 Å². The molecule has 0 radical (unpaired) electrons. The van der Waals surface area contributed by atoms with E-state index < -0.39 is 0 Å². The predicted molar refractivity (Wildman–Crippen MR) is 357 cm³/mol. The predicted octanol–water partition coefficient (Wildman–Crippen LogP) is 5.76. The van der Waals surface area contributed by atoms with Crippen molar-refractivity contribution in [2.45, 2.75) is 32.0 Å². The number of ether oxygens (including phenoxy) is 3. The molecular weight excluding hydrogens is 1110 g/mol. The van der Waals surface area contributed by atoms with Crippen molar-refractivity contribution in [1.82, 2.24) is 9.88 Å². The number of rotatable bonds is 5. The Morgan fingerprint density at radius 2 is 0.769 bits per heavy atom. The van der Waals surface area contributed by atoms with E-state index in [-0.39, 0.29) is 0 Å². The molecule has 0 saturated carbocycles. The number of aromatic amines is 1. The van der Waals surface area contributed by atoms with Crippen molar-refractivity contribution in [2.24, 2.45) is 0 Å². The summed E-state index contributed by atoms with van der Waals surface area (Å²) in [5.41, 5.74) is 7.85. The minimum absolute atomic E-state index is 0.363. The summed E-state index contributed by atoms with van der Waals surface area (Å²) in [6, 6.07) is 21.4. The van der Waals surface area contributed by atoms with Gasteiger partial charge in [0.05, 0.1) is 14.2 Å². The molecule has 1 aromatic heterocycles. The number of benzene rings is 3. The van der Waals surface area contributed by atoms with E-state index in [9.17, 15) is 0 Å². The third-order valence-electron chi connectivity index (χ3n) is 10.5. The summed E-state index contributed by atoms with van der Waals surface area (Å²) in [6.07, 6.45) is 11.9. The van der Waals surface area contributed by atoms with Crippen LogP contribution >= 0.6 is 0 Å². The molecule has 402 valence electrons. The van der Waals surface area contributed by atoms with Gasteiger partial charge in [0.1, 0.15) is 12.4 Å². The third-order valence-corrected chi connectivity index (χ3v) is 10.5. The van der Waals surface area contributed by atoms with E-state index in [1.807, 2.05) is 24.3 Å². The van der Waals surface area contributed by atoms with Crippen LogP contribution in [0.15, 0.2) is 60.7 Å². The molecule has 3 aromatic carbocycles. The number of fused-ring (bicyclic) bond motifs is 6. The van der Waals surface area contributed by atoms with Crippen LogP contribution in [0.25, 0.3) is 10.9 Å². The Kier molecular flexibility index (Phi) is 31.4. The molecule has 1 atom stereocenters. The number of nitrogens with one attached hydrogen (secondary N) is 1. The van der Waals surface area contributed by atoms with Crippen LogP contribution in [0.1, 0.15) is 34.0 Å². The number of aromatic nitrogens is 1. The normalized spacial score (nSPS) is 8.73. The smallest absolute Gasteiger partial charge is 0.161 e. The number of nitrogens with zero attached hydrogens (tertiary/aromatic N) is 1. The van der Waals surface area contributed by atoms with Crippen molar-refractivity contribution in [3.8, 4) is 362 Å². The molecule has 0 fully saturated rings. The van der Waals surface area contributed by atoms with Crippen molar-refractivity contribution in [3.05, 3.63) is 88.6 Å². The van der Waals surface area contributed by atoms with Crippen LogP contribution in [0.5, 0.6) is 17.2 Å². The van der Waals surface area contributed by atoms with Gasteiger partial charge in [0.2, 0.25) is 0 Å². The SMILES string of the molecule is C#CC#CC#CC#CC#CC#CC#CC#CC#CC#CC#CC#CC#CC#CC#CC#CC#CC#CC#CC#CC#CC#CC#CC#CC#CC#CC#CC#CC#C.COc1cccc(COc2cc3c(cc2OC)C2Cc4c([nH]c5ccccc45)CN2CC3)c1. The molecule has 1 unspecified atom stereocenters. The maximum Gasteiger partial charge on any atom is 0.161 e. The van der Waals surface area contributed by atoms with Crippen molar-refractivity contribution in [2.75, 3.05) is 20.8 Å². The van der Waals surface area contributed by atoms with Gasteiger partial charge in [-0.05, 0) is 160 Å². The fourth-order valence-electron chi connectivity index (χ4n) is 7.10. The Morgan fingerprint density at radius 1 is 0.407 bits per heavy atom. The lowest BCUT2D eigenvalue weighted by molar-refractivity contribution is 0.158. The minimum atomic E-state index is 0.363. The molecule has 0 saturated heterocycles. The summed E-state index contributed by atoms with van der Waals surface area (Å²) in [7, 11) is 3.40. The number of terminal acetylenes is 2. The molecule has 1 N–H and O–H groups in total. The fourth-order valence-corrected chi connectivity index (χ4v) is 7.10. The van der Waals surface area contributed by atoms with E-state index in [0.29, 0.717) is 12.6 Å². The van der Waals surface area contributed by atoms with Crippen LogP contribution < -0.4 is 14.2 Å². The van der Waals surface area contributed by atoms with Crippen LogP contribution in [0.2, 0.25) is 0 Å². The molecule has 91 heavy (non-hydrogen) atoms. The summed E-state index contributed by atoms with van der Waals surface area (Å²) >= 11 is 0. The molecule has 0 bridgehead atoms. The van der Waals surface area contributed by atoms with Gasteiger partial charge >= 0.3 is 0 Å². The van der Waals surface area contributed by atoms with Crippen LogP contribution in [0, 0.1) is 344 Å². The standard InChI is InChI=1S/C58H2.C28H28N2O3/c1-3-5-7-9-11-13-15-17-19-21-23-25-27-29-31-33-35-37-39-41-43-45-47-49-51-53-55-57-58-56-54-52-50-48-46-44-42-40-38-36-34-32-30-28-26-24-22-20-18-16-14-12-10-8-6-4-2;1-31-20-7-5-6-18(12-20)17-33-28-13-19-10-11-30-16-25-23(21-8-3-4-9-24(21)29-25)14-26(30)22(19)15-27(28)32-2/h1-2H;3-9,12-13,15,26,29H,10-11,14,16-17H2,1-2H3. The number of H-pyrrole nitrogens is 1. The Morgan fingerprint density at radius 3 is 1.12 bits per heavy atom. The molecule has 2 aliphatic rings. The van der Waals surface area contributed by atoms with Crippen LogP contribution in [-0.2, 0) is 26.0 Å². The monoisotopic (exact) mass is 1140 g/mol. The number of hydrogen-bond acceptors (Lipinski definition) is 4. The minimum Gasteiger partial charge on any atom is -0.497 e. The topological polar surface area (TPSA) is 46.7 Å². The fraction of sp³-hybridized carbons (Fsp3) is 0.0930. The average Bonchev–Trinajstić information content (AvgIpc) is 1.75. The largest absolute Gasteiger partial charge is 0.497 e. The maximum absolute atomic E-state index is 6.22. The second kappa shape index (κ2) is 43.5. The Hall–Kier alpha value is -16.2. The lowest BCUT2D eigenvalue weighted by Crippen LogP contribution is -2.39. The second-order valence-electron chi connectivity index (χ2n) is 15.9. The van der Waals surface area contributed by atoms with Crippen LogP contribution in [0.4, 0.5) is 0 Å². The first-order chi connectivity index (χ1) is 45.1. The van der Waals surface area contributed by atoms with E-state index in [2.05, 4.69) is 378 Å². The molecule has 5 nitrogen and oxygen atoms in total. The summed E-state index contributed by atoms with van der Waals surface area (Å²) in [5, 5.41) is 1.35. The zero-order chi connectivity index (χ0) is 64.0. The lowest BCUT2D eigenvalue weighted by atomic mass is 9.85. The highest BCUT2D eigenvalue weighted by molar-refractivity contribution is 5.85. The molecular formula is C86H30N2O3. The van der Waals surface area contributed by atoms with Crippen molar-refractivity contribution in [3.63, 3.8) is 0 Å². The summed E-state index contributed by atoms with van der Waals surface area (Å²) in [5.74, 6) is 141. The Bertz CT molecular complexity index is 5370. The molecule has 0 spiro atoms. The first-order valence-electron chi connectivity index (χ1n) is 25.9. The highest BCUT2D eigenvalue weighted by Gasteiger charge is 2.34. The lowest BCUT2D eigenvalue weighted by Gasteiger charge is -2.40. The number of hydrogen-bond donors (Lipinski definition) is 1. The summed E-state index contributed by atoms with van der Waals surface area (Å²) in [4.78, 5) is 6.24. The highest BCUT2D eigenvalue weighted by atomic mass is 16.5. The van der Waals surface area contributed by atoms with Gasteiger partial charge in [0.15, 0.2) is 11.5 Å². The van der Waals surface area contributed by atoms with Gasteiger partial charge < -0.3 is 19.2 Å². The maximum atomic E-state index is 6.22. The number of methoxy groups -OCH3 is 2. The molecule has 0 amide bonds. The third kappa shape index (κ3) is 27.4. The quantitative estimate of drug-likeness (QED) is 0.259. The van der Waals surface area contributed by atoms with E-state index in [4.69, 9.17) is 27.1 Å². The van der Waals surface area contributed by atoms with Gasteiger partial charge in [0.25, 0.3) is 0 Å². The molecule has 5 heteroatoms. The van der Waals surface area contributed by atoms with E-state index in [1.54, 1.807) is 14.2 Å². The van der Waals surface area contributed by atoms with E-state index in [1.165, 1.54) is 33.3 Å². The van der Waals surface area contributed by atoms with Crippen molar-refractivity contribution < 1.29 is 14.2 Å². The van der Waals surface area contributed by atoms with E-state index in [0.717, 1.165) is 48.7 Å². The van der Waals surface area contributed by atoms with Crippen molar-refractivity contribution >= 4 is 10.9 Å². The second-order valence-corrected chi connectivity index (χ2v) is 15.9. The van der Waals surface area contributed by atoms with Gasteiger partial charge in [-0.15, -0.1) is 12.8 Å². The molecule has 6 rings (SSSR count). The van der Waals surface area contributed by atoms with E-state index >= 15 is 0 Å². The van der Waals surface area contributed by atoms with Gasteiger partial charge in [-0.2, -0.15) is 0 Å². The molecule has 2 aliphatic heterocycles. The van der Waals surface area contributed by atoms with Gasteiger partial charge in [0, 0.05) is 273 Å². The first-order valence-corrected chi connectivity index (χ1v) is 25.9. The van der Waals surface area contributed by atoms with Crippen LogP contribution in [0.3, 0.4) is 0 Å². The zero-order valence-corrected chi connectivity index (χ0v) is 48.2. The number of para-hydroxylation sites is 1. The summed E-state index contributed by atoms with van der Waals surface area (Å²) in [6.45, 7) is 2.49. The zero-order valence-electron chi connectivity index (χ0n) is 48.2. The van der Waals surface area contributed by atoms with Gasteiger partial charge in [-0.1, -0.05) is 30.3 Å². The average molecular weight is 1140 g/mol. The molecule has 4 aromatic rings. The molecule has 0 aliphatic carbocycles. The highest BCUT2D eigenvalue weighted by Crippen LogP contribution is 2.44. The first kappa shape index (κ1) is 65.6.